The molecule has 0 saturated carbocycles. The van der Waals surface area contributed by atoms with Crippen molar-refractivity contribution >= 4 is 22.5 Å². The number of nitrogens with one attached hydrogen (secondary N) is 1. The fraction of sp³-hybridized carbons (Fsp3) is 0.273. The number of amides is 1. The average molecular weight is 427 g/mol. The maximum Gasteiger partial charge on any atom is 0.453 e. The topological polar surface area (TPSA) is 72.2 Å². The number of nitrogens with zero attached hydrogens (tertiary/aromatic N) is 4. The fourth-order valence-corrected chi connectivity index (χ4v) is 3.74. The van der Waals surface area contributed by atoms with Crippen LogP contribution in [0.4, 0.5) is 13.2 Å². The molecule has 6 nitrogen and oxygen atoms in total. The van der Waals surface area contributed by atoms with Crippen molar-refractivity contribution in [1.82, 2.24) is 24.9 Å². The van der Waals surface area contributed by atoms with Gasteiger partial charge in [0.25, 0.3) is 11.6 Å². The zero-order chi connectivity index (χ0) is 22.3. The lowest BCUT2D eigenvalue weighted by molar-refractivity contribution is -0.144. The molecule has 0 aliphatic heterocycles. The summed E-state index contributed by atoms with van der Waals surface area (Å²) in [6, 6.07) is 13.6. The van der Waals surface area contributed by atoms with E-state index in [-0.39, 0.29) is 24.1 Å². The highest BCUT2D eigenvalue weighted by molar-refractivity contribution is 5.87. The van der Waals surface area contributed by atoms with E-state index in [0.717, 1.165) is 20.9 Å². The van der Waals surface area contributed by atoms with Crippen molar-refractivity contribution in [2.75, 3.05) is 0 Å². The van der Waals surface area contributed by atoms with Gasteiger partial charge in [0.2, 0.25) is 5.91 Å². The summed E-state index contributed by atoms with van der Waals surface area (Å²) in [4.78, 5) is 20.3. The Hall–Kier alpha value is -3.49. The van der Waals surface area contributed by atoms with Crippen LogP contribution in [-0.2, 0) is 17.4 Å². The summed E-state index contributed by atoms with van der Waals surface area (Å²) in [5.41, 5.74) is 2.35. The quantitative estimate of drug-likeness (QED) is 0.526. The predicted molar refractivity (Wildman–Crippen MR) is 109 cm³/mol. The van der Waals surface area contributed by atoms with Crippen LogP contribution < -0.4 is 5.32 Å². The number of aryl methyl sites for hydroxylation is 2. The number of rotatable bonds is 4. The zero-order valence-electron chi connectivity index (χ0n) is 17.2. The van der Waals surface area contributed by atoms with E-state index in [2.05, 4.69) is 20.4 Å². The lowest BCUT2D eigenvalue weighted by Gasteiger charge is -2.17. The number of alkyl halides is 3. The third kappa shape index (κ3) is 3.95. The van der Waals surface area contributed by atoms with Gasteiger partial charge in [0.15, 0.2) is 0 Å². The molecule has 4 rings (SSSR count). The number of hydrogen-bond donors (Lipinski definition) is 1. The van der Waals surface area contributed by atoms with Crippen LogP contribution in [0.25, 0.3) is 16.6 Å². The Morgan fingerprint density at radius 2 is 1.81 bits per heavy atom. The number of halogens is 3. The van der Waals surface area contributed by atoms with Crippen LogP contribution in [0.15, 0.2) is 42.5 Å². The van der Waals surface area contributed by atoms with Crippen LogP contribution in [0.2, 0.25) is 0 Å². The van der Waals surface area contributed by atoms with Crippen molar-refractivity contribution in [1.29, 1.82) is 0 Å². The number of hydrogen-bond acceptors (Lipinski definition) is 4. The molecule has 0 bridgehead atoms. The molecule has 2 aromatic carbocycles. The van der Waals surface area contributed by atoms with E-state index in [1.807, 2.05) is 49.4 Å². The summed E-state index contributed by atoms with van der Waals surface area (Å²) >= 11 is 0. The maximum atomic E-state index is 13.0. The van der Waals surface area contributed by atoms with Crippen LogP contribution in [0, 0.1) is 13.8 Å². The summed E-state index contributed by atoms with van der Waals surface area (Å²) < 4.78 is 39.9. The first-order chi connectivity index (χ1) is 14.6. The third-order valence-corrected chi connectivity index (χ3v) is 5.31. The van der Waals surface area contributed by atoms with Gasteiger partial charge in [0, 0.05) is 17.0 Å². The highest BCUT2D eigenvalue weighted by Gasteiger charge is 2.37. The Morgan fingerprint density at radius 1 is 1.10 bits per heavy atom. The van der Waals surface area contributed by atoms with Gasteiger partial charge in [-0.1, -0.05) is 42.5 Å². The lowest BCUT2D eigenvalue weighted by atomic mass is 9.99. The largest absolute Gasteiger partial charge is 0.453 e. The number of aromatic nitrogens is 4. The molecule has 4 aromatic rings. The predicted octanol–water partition coefficient (Wildman–Crippen LogP) is 4.33. The molecule has 1 N–H and O–H groups in total. The summed E-state index contributed by atoms with van der Waals surface area (Å²) in [6.45, 7) is 5.15. The van der Waals surface area contributed by atoms with Crippen LogP contribution in [0.1, 0.15) is 41.3 Å². The van der Waals surface area contributed by atoms with Crippen LogP contribution in [0.5, 0.6) is 0 Å². The van der Waals surface area contributed by atoms with Crippen molar-refractivity contribution in [3.05, 3.63) is 70.8 Å². The molecule has 0 aliphatic carbocycles. The normalized spacial score (nSPS) is 13.0. The first-order valence-electron chi connectivity index (χ1n) is 9.72. The van der Waals surface area contributed by atoms with Gasteiger partial charge in [-0.05, 0) is 37.1 Å². The van der Waals surface area contributed by atoms with E-state index in [1.54, 1.807) is 13.8 Å². The van der Waals surface area contributed by atoms with Crippen molar-refractivity contribution in [3.63, 3.8) is 0 Å². The van der Waals surface area contributed by atoms with E-state index in [4.69, 9.17) is 0 Å². The highest BCUT2D eigenvalue weighted by atomic mass is 19.4. The van der Waals surface area contributed by atoms with Crippen molar-refractivity contribution in [3.8, 4) is 0 Å². The van der Waals surface area contributed by atoms with Gasteiger partial charge >= 0.3 is 6.18 Å². The van der Waals surface area contributed by atoms with Gasteiger partial charge in [-0.3, -0.25) is 4.79 Å². The first kappa shape index (κ1) is 20.8. The minimum absolute atomic E-state index is 0.0308. The van der Waals surface area contributed by atoms with Gasteiger partial charge in [-0.15, -0.1) is 5.10 Å². The van der Waals surface area contributed by atoms with Crippen molar-refractivity contribution in [2.24, 2.45) is 0 Å². The van der Waals surface area contributed by atoms with Crippen LogP contribution in [-0.4, -0.2) is 25.5 Å². The molecule has 0 aliphatic rings. The van der Waals surface area contributed by atoms with Gasteiger partial charge in [0.1, 0.15) is 0 Å². The van der Waals surface area contributed by atoms with E-state index >= 15 is 0 Å². The molecule has 0 radical (unpaired) electrons. The molecule has 9 heteroatoms. The molecule has 1 amide bonds. The smallest absolute Gasteiger partial charge is 0.349 e. The second kappa shape index (κ2) is 7.64. The zero-order valence-corrected chi connectivity index (χ0v) is 17.2. The summed E-state index contributed by atoms with van der Waals surface area (Å²) in [7, 11) is 0. The molecule has 160 valence electrons. The number of fused-ring (bicyclic) bond motifs is 2. The van der Waals surface area contributed by atoms with Gasteiger partial charge in [-0.25, -0.2) is 9.50 Å². The number of carbonyl (C=O) groups is 1. The molecule has 0 spiro atoms. The highest BCUT2D eigenvalue weighted by Crippen LogP contribution is 2.27. The standard InChI is InChI=1S/C22H20F3N5O/c1-12(16-10-6-8-15-7-4-5-9-17(15)16)26-19(31)11-18-13(2)27-21-28-20(22(23,24)25)29-30(21)14(18)3/h4-10,12H,11H2,1-3H3,(H,26,31)/t12-/m1/s1. The Balaban J connectivity index is 1.59. The molecule has 0 saturated heterocycles. The van der Waals surface area contributed by atoms with E-state index in [9.17, 15) is 18.0 Å². The molecular formula is C22H20F3N5O. The fourth-order valence-electron chi connectivity index (χ4n) is 3.74. The second-order valence-corrected chi connectivity index (χ2v) is 7.44. The molecule has 0 fully saturated rings. The first-order valence-corrected chi connectivity index (χ1v) is 9.72. The Labute approximate surface area is 176 Å². The summed E-state index contributed by atoms with van der Waals surface area (Å²) in [5, 5.41) is 8.63. The number of carbonyl (C=O) groups excluding carboxylic acids is 1. The molecule has 2 heterocycles. The molecule has 1 atom stereocenters. The van der Waals surface area contributed by atoms with E-state index in [0.29, 0.717) is 17.0 Å². The SMILES string of the molecule is Cc1nc2nc(C(F)(F)F)nn2c(C)c1CC(=O)N[C@H](C)c1cccc2ccccc12. The van der Waals surface area contributed by atoms with Gasteiger partial charge in [-0.2, -0.15) is 18.2 Å². The van der Waals surface area contributed by atoms with Crippen LogP contribution in [0.3, 0.4) is 0 Å². The Morgan fingerprint density at radius 3 is 2.55 bits per heavy atom. The minimum atomic E-state index is -4.67. The number of benzene rings is 2. The third-order valence-electron chi connectivity index (χ3n) is 5.31. The summed E-state index contributed by atoms with van der Waals surface area (Å²) in [5.74, 6) is -1.66. The molecular weight excluding hydrogens is 407 g/mol. The van der Waals surface area contributed by atoms with Crippen molar-refractivity contribution in [2.45, 2.75) is 39.4 Å². The average Bonchev–Trinajstić information content (AvgIpc) is 3.15. The van der Waals surface area contributed by atoms with Crippen LogP contribution >= 0.6 is 0 Å². The summed E-state index contributed by atoms with van der Waals surface area (Å²) in [6.07, 6.45) is -4.70. The van der Waals surface area contributed by atoms with Gasteiger partial charge < -0.3 is 5.32 Å². The Kier molecular flexibility index (Phi) is 5.12. The van der Waals surface area contributed by atoms with Crippen molar-refractivity contribution < 1.29 is 18.0 Å². The minimum Gasteiger partial charge on any atom is -0.349 e. The monoisotopic (exact) mass is 427 g/mol. The Bertz CT molecular complexity index is 1290. The van der Waals surface area contributed by atoms with E-state index in [1.165, 1.54) is 0 Å². The molecule has 31 heavy (non-hydrogen) atoms. The lowest BCUT2D eigenvalue weighted by Crippen LogP contribution is -2.29. The van der Waals surface area contributed by atoms with E-state index < -0.39 is 12.0 Å². The van der Waals surface area contributed by atoms with Gasteiger partial charge in [0.05, 0.1) is 12.5 Å². The second-order valence-electron chi connectivity index (χ2n) is 7.44. The maximum absolute atomic E-state index is 13.0. The molecule has 2 aromatic heterocycles. The molecule has 0 unspecified atom stereocenters.